The zero-order chi connectivity index (χ0) is 17.9. The molecule has 134 valence electrons. The van der Waals surface area contributed by atoms with E-state index >= 15 is 0 Å². The Morgan fingerprint density at radius 1 is 1.20 bits per heavy atom. The van der Waals surface area contributed by atoms with Crippen molar-refractivity contribution >= 4 is 31.9 Å². The number of anilines is 1. The third-order valence-corrected chi connectivity index (χ3v) is 6.18. The van der Waals surface area contributed by atoms with E-state index in [0.29, 0.717) is 16.2 Å². The van der Waals surface area contributed by atoms with Crippen molar-refractivity contribution in [2.45, 2.75) is 24.3 Å². The monoisotopic (exact) mass is 427 g/mol. The van der Waals surface area contributed by atoms with Gasteiger partial charge in [0.2, 0.25) is 16.0 Å². The second-order valence-corrected chi connectivity index (χ2v) is 8.08. The Kier molecular flexibility index (Phi) is 5.50. The van der Waals surface area contributed by atoms with Crippen molar-refractivity contribution in [1.82, 2.24) is 19.7 Å². The molecule has 1 saturated heterocycles. The SMILES string of the molecule is COc1nc(CNS(=O)(=O)c2ccccc2Br)nc(N2CCCC2)n1. The fourth-order valence-electron chi connectivity index (χ4n) is 2.52. The Hall–Kier alpha value is -1.78. The molecule has 1 fully saturated rings. The molecule has 3 rings (SSSR count). The van der Waals surface area contributed by atoms with Gasteiger partial charge in [-0.2, -0.15) is 15.0 Å². The molecule has 1 N–H and O–H groups in total. The molecule has 2 aromatic rings. The van der Waals surface area contributed by atoms with Crippen LogP contribution in [-0.4, -0.2) is 43.6 Å². The maximum Gasteiger partial charge on any atom is 0.321 e. The summed E-state index contributed by atoms with van der Waals surface area (Å²) in [5.41, 5.74) is 0. The van der Waals surface area contributed by atoms with E-state index in [4.69, 9.17) is 4.74 Å². The zero-order valence-electron chi connectivity index (χ0n) is 13.6. The molecule has 1 aliphatic heterocycles. The topological polar surface area (TPSA) is 97.3 Å². The highest BCUT2D eigenvalue weighted by atomic mass is 79.9. The van der Waals surface area contributed by atoms with Crippen LogP contribution in [0.2, 0.25) is 0 Å². The van der Waals surface area contributed by atoms with Crippen LogP contribution in [0.5, 0.6) is 6.01 Å². The predicted molar refractivity (Wildman–Crippen MR) is 96.0 cm³/mol. The maximum absolute atomic E-state index is 12.5. The molecule has 0 radical (unpaired) electrons. The predicted octanol–water partition coefficient (Wildman–Crippen LogP) is 1.72. The standard InChI is InChI=1S/C15H18BrN5O3S/c1-24-15-19-13(18-14(20-15)21-8-4-5-9-21)10-17-25(22,23)12-7-3-2-6-11(12)16/h2-3,6-7,17H,4-5,8-10H2,1H3. The highest BCUT2D eigenvalue weighted by molar-refractivity contribution is 9.10. The molecule has 0 atom stereocenters. The quantitative estimate of drug-likeness (QED) is 0.748. The highest BCUT2D eigenvalue weighted by Gasteiger charge is 2.20. The average Bonchev–Trinajstić information content (AvgIpc) is 3.15. The zero-order valence-corrected chi connectivity index (χ0v) is 16.0. The van der Waals surface area contributed by atoms with Crippen molar-refractivity contribution < 1.29 is 13.2 Å². The molecule has 1 aliphatic rings. The van der Waals surface area contributed by atoms with Gasteiger partial charge in [0.25, 0.3) is 0 Å². The Bertz CT molecular complexity index is 856. The van der Waals surface area contributed by atoms with E-state index in [2.05, 4.69) is 35.6 Å². The lowest BCUT2D eigenvalue weighted by atomic mass is 10.4. The van der Waals surface area contributed by atoms with Crippen molar-refractivity contribution in [2.75, 3.05) is 25.1 Å². The summed E-state index contributed by atoms with van der Waals surface area (Å²) in [7, 11) is -2.22. The van der Waals surface area contributed by atoms with E-state index in [-0.39, 0.29) is 17.5 Å². The Balaban J connectivity index is 1.80. The lowest BCUT2D eigenvalue weighted by Gasteiger charge is -2.16. The molecule has 0 aliphatic carbocycles. The number of ether oxygens (including phenoxy) is 1. The lowest BCUT2D eigenvalue weighted by molar-refractivity contribution is 0.375. The normalized spacial score (nSPS) is 14.7. The van der Waals surface area contributed by atoms with E-state index in [9.17, 15) is 8.42 Å². The molecule has 25 heavy (non-hydrogen) atoms. The van der Waals surface area contributed by atoms with Crippen LogP contribution in [0.15, 0.2) is 33.6 Å². The van der Waals surface area contributed by atoms with E-state index in [1.807, 2.05) is 4.90 Å². The summed E-state index contributed by atoms with van der Waals surface area (Å²) in [6.07, 6.45) is 2.16. The van der Waals surface area contributed by atoms with Crippen LogP contribution in [0.3, 0.4) is 0 Å². The highest BCUT2D eigenvalue weighted by Crippen LogP contribution is 2.21. The fourth-order valence-corrected chi connectivity index (χ4v) is 4.50. The molecule has 1 aromatic carbocycles. The third-order valence-electron chi connectivity index (χ3n) is 3.77. The molecule has 0 bridgehead atoms. The van der Waals surface area contributed by atoms with Crippen LogP contribution >= 0.6 is 15.9 Å². The smallest absolute Gasteiger partial charge is 0.321 e. The van der Waals surface area contributed by atoms with Crippen LogP contribution in [0.1, 0.15) is 18.7 Å². The van der Waals surface area contributed by atoms with Crippen LogP contribution in [0, 0.1) is 0 Å². The summed E-state index contributed by atoms with van der Waals surface area (Å²) in [6, 6.07) is 6.79. The molecule has 10 heteroatoms. The van der Waals surface area contributed by atoms with Gasteiger partial charge in [-0.05, 0) is 40.9 Å². The number of sulfonamides is 1. The van der Waals surface area contributed by atoms with Crippen molar-refractivity contribution in [3.8, 4) is 6.01 Å². The van der Waals surface area contributed by atoms with Crippen molar-refractivity contribution in [1.29, 1.82) is 0 Å². The van der Waals surface area contributed by atoms with Crippen LogP contribution in [0.25, 0.3) is 0 Å². The summed E-state index contributed by atoms with van der Waals surface area (Å²) in [5.74, 6) is 0.823. The molecule has 2 heterocycles. The Morgan fingerprint density at radius 3 is 2.60 bits per heavy atom. The van der Waals surface area contributed by atoms with Gasteiger partial charge in [0, 0.05) is 17.6 Å². The molecule has 0 unspecified atom stereocenters. The van der Waals surface area contributed by atoms with Gasteiger partial charge in [0.05, 0.1) is 18.6 Å². The molecular weight excluding hydrogens is 410 g/mol. The first-order chi connectivity index (χ1) is 12.0. The number of benzene rings is 1. The number of nitrogens with zero attached hydrogens (tertiary/aromatic N) is 4. The second-order valence-electron chi connectivity index (χ2n) is 5.49. The van der Waals surface area contributed by atoms with Gasteiger partial charge in [0.1, 0.15) is 0 Å². The minimum atomic E-state index is -3.69. The second kappa shape index (κ2) is 7.63. The maximum atomic E-state index is 12.5. The number of halogens is 1. The average molecular weight is 428 g/mol. The van der Waals surface area contributed by atoms with Crippen molar-refractivity contribution in [2.24, 2.45) is 0 Å². The Labute approximate surface area is 154 Å². The van der Waals surface area contributed by atoms with Crippen LogP contribution < -0.4 is 14.4 Å². The molecule has 0 spiro atoms. The number of methoxy groups -OCH3 is 1. The van der Waals surface area contributed by atoms with E-state index in [0.717, 1.165) is 25.9 Å². The first kappa shape index (κ1) is 18.0. The van der Waals surface area contributed by atoms with Gasteiger partial charge >= 0.3 is 6.01 Å². The van der Waals surface area contributed by atoms with Gasteiger partial charge in [-0.3, -0.25) is 0 Å². The number of nitrogens with one attached hydrogen (secondary N) is 1. The summed E-state index contributed by atoms with van der Waals surface area (Å²) in [6.45, 7) is 1.69. The van der Waals surface area contributed by atoms with Crippen molar-refractivity contribution in [3.63, 3.8) is 0 Å². The number of aromatic nitrogens is 3. The molecular formula is C15H18BrN5O3S. The van der Waals surface area contributed by atoms with E-state index in [1.54, 1.807) is 18.2 Å². The van der Waals surface area contributed by atoms with Gasteiger partial charge in [-0.1, -0.05) is 12.1 Å². The molecule has 1 aromatic heterocycles. The lowest BCUT2D eigenvalue weighted by Crippen LogP contribution is -2.26. The number of rotatable bonds is 6. The number of hydrogen-bond acceptors (Lipinski definition) is 7. The molecule has 0 amide bonds. The van der Waals surface area contributed by atoms with Crippen LogP contribution in [-0.2, 0) is 16.6 Å². The summed E-state index contributed by atoms with van der Waals surface area (Å²) < 4.78 is 33.1. The van der Waals surface area contributed by atoms with Gasteiger partial charge in [-0.25, -0.2) is 13.1 Å². The van der Waals surface area contributed by atoms with E-state index in [1.165, 1.54) is 13.2 Å². The van der Waals surface area contributed by atoms with Crippen LogP contribution in [0.4, 0.5) is 5.95 Å². The third kappa shape index (κ3) is 4.25. The first-order valence-electron chi connectivity index (χ1n) is 7.78. The summed E-state index contributed by atoms with van der Waals surface area (Å²) in [4.78, 5) is 14.9. The van der Waals surface area contributed by atoms with Gasteiger partial charge < -0.3 is 9.64 Å². The van der Waals surface area contributed by atoms with Crippen molar-refractivity contribution in [3.05, 3.63) is 34.6 Å². The minimum absolute atomic E-state index is 0.0522. The molecule has 0 saturated carbocycles. The van der Waals surface area contributed by atoms with E-state index < -0.39 is 10.0 Å². The summed E-state index contributed by atoms with van der Waals surface area (Å²) >= 11 is 3.25. The fraction of sp³-hybridized carbons (Fsp3) is 0.400. The minimum Gasteiger partial charge on any atom is -0.467 e. The molecule has 8 nitrogen and oxygen atoms in total. The summed E-state index contributed by atoms with van der Waals surface area (Å²) in [5, 5.41) is 0. The van der Waals surface area contributed by atoms with Gasteiger partial charge in [0.15, 0.2) is 5.82 Å². The largest absolute Gasteiger partial charge is 0.467 e. The number of hydrogen-bond donors (Lipinski definition) is 1. The van der Waals surface area contributed by atoms with Gasteiger partial charge in [-0.15, -0.1) is 0 Å². The Morgan fingerprint density at radius 2 is 1.92 bits per heavy atom. The first-order valence-corrected chi connectivity index (χ1v) is 10.1.